The largest absolute Gasteiger partial charge is 0.349 e. The fourth-order valence-corrected chi connectivity index (χ4v) is 4.87. The van der Waals surface area contributed by atoms with Crippen molar-refractivity contribution < 1.29 is 22.8 Å². The van der Waals surface area contributed by atoms with Crippen LogP contribution in [0.5, 0.6) is 0 Å². The summed E-state index contributed by atoms with van der Waals surface area (Å²) in [5.41, 5.74) is 0.622. The molecule has 1 aromatic carbocycles. The second-order valence-electron chi connectivity index (χ2n) is 5.94. The van der Waals surface area contributed by atoms with E-state index in [4.69, 9.17) is 11.6 Å². The second-order valence-corrected chi connectivity index (χ2v) is 9.27. The van der Waals surface area contributed by atoms with Gasteiger partial charge >= 0.3 is 0 Å². The van der Waals surface area contributed by atoms with Gasteiger partial charge in [0.2, 0.25) is 5.91 Å². The van der Waals surface area contributed by atoms with Gasteiger partial charge in [-0.25, -0.2) is 8.42 Å². The number of hydrogen-bond donors (Lipinski definition) is 1. The zero-order chi connectivity index (χ0) is 19.6. The molecule has 0 spiro atoms. The van der Waals surface area contributed by atoms with Gasteiger partial charge in [-0.3, -0.25) is 19.3 Å². The molecule has 10 heteroatoms. The number of amides is 3. The zero-order valence-electron chi connectivity index (χ0n) is 13.9. The van der Waals surface area contributed by atoms with Crippen LogP contribution in [0.4, 0.5) is 4.79 Å². The van der Waals surface area contributed by atoms with Gasteiger partial charge in [-0.05, 0) is 35.5 Å². The quantitative estimate of drug-likeness (QED) is 0.724. The smallest absolute Gasteiger partial charge is 0.293 e. The van der Waals surface area contributed by atoms with Crippen LogP contribution in [0.2, 0.25) is 5.02 Å². The first-order valence-electron chi connectivity index (χ1n) is 7.95. The number of nitrogens with zero attached hydrogens (tertiary/aromatic N) is 1. The predicted molar refractivity (Wildman–Crippen MR) is 104 cm³/mol. The molecule has 1 atom stereocenters. The summed E-state index contributed by atoms with van der Waals surface area (Å²) in [5, 5.41) is 3.61. The van der Waals surface area contributed by atoms with Crippen LogP contribution in [-0.4, -0.2) is 48.7 Å². The Labute approximate surface area is 165 Å². The highest BCUT2D eigenvalue weighted by atomic mass is 35.5. The van der Waals surface area contributed by atoms with Crippen molar-refractivity contribution in [1.29, 1.82) is 0 Å². The van der Waals surface area contributed by atoms with Gasteiger partial charge in [-0.15, -0.1) is 0 Å². The van der Waals surface area contributed by atoms with Crippen LogP contribution in [0.1, 0.15) is 12.0 Å². The lowest BCUT2D eigenvalue weighted by Crippen LogP contribution is -2.38. The number of nitrogens with one attached hydrogen (secondary N) is 1. The number of carbonyl (C=O) groups is 3. The zero-order valence-corrected chi connectivity index (χ0v) is 16.3. The van der Waals surface area contributed by atoms with Gasteiger partial charge in [-0.1, -0.05) is 29.8 Å². The Balaban J connectivity index is 1.59. The van der Waals surface area contributed by atoms with Crippen molar-refractivity contribution in [3.05, 3.63) is 51.2 Å². The molecule has 0 aromatic heterocycles. The average Bonchev–Trinajstić information content (AvgIpc) is 3.07. The van der Waals surface area contributed by atoms with Crippen LogP contribution in [0.25, 0.3) is 6.08 Å². The molecule has 0 bridgehead atoms. The van der Waals surface area contributed by atoms with Gasteiger partial charge in [-0.2, -0.15) is 0 Å². The number of sulfone groups is 1. The Morgan fingerprint density at radius 2 is 2.07 bits per heavy atom. The molecule has 142 valence electrons. The van der Waals surface area contributed by atoms with Gasteiger partial charge in [0.1, 0.15) is 0 Å². The number of thioether (sulfide) groups is 1. The lowest BCUT2D eigenvalue weighted by Gasteiger charge is -2.14. The summed E-state index contributed by atoms with van der Waals surface area (Å²) < 4.78 is 22.7. The van der Waals surface area contributed by atoms with Crippen LogP contribution in [0.15, 0.2) is 40.7 Å². The van der Waals surface area contributed by atoms with E-state index in [1.807, 2.05) is 0 Å². The topological polar surface area (TPSA) is 101 Å². The van der Waals surface area contributed by atoms with E-state index in [0.29, 0.717) is 10.6 Å². The molecule has 2 aliphatic rings. The van der Waals surface area contributed by atoms with Crippen molar-refractivity contribution in [2.75, 3.05) is 12.3 Å². The molecule has 2 aliphatic heterocycles. The SMILES string of the molecule is O=C(CCN1C(=O)S/C(=C\c2ccccc2Cl)C1=O)N[C@@H]1C=CS(=O)(=O)C1. The molecule has 0 saturated carbocycles. The normalized spacial score (nSPS) is 22.6. The number of carbonyl (C=O) groups excluding carboxylic acids is 3. The molecule has 3 rings (SSSR count). The molecule has 0 radical (unpaired) electrons. The third-order valence-electron chi connectivity index (χ3n) is 3.90. The molecule has 3 amide bonds. The van der Waals surface area contributed by atoms with E-state index < -0.39 is 32.9 Å². The fraction of sp³-hybridized carbons (Fsp3) is 0.235. The molecule has 1 fully saturated rings. The Morgan fingerprint density at radius 1 is 1.33 bits per heavy atom. The fourth-order valence-electron chi connectivity index (χ4n) is 2.58. The van der Waals surface area contributed by atoms with Gasteiger partial charge < -0.3 is 5.32 Å². The monoisotopic (exact) mass is 426 g/mol. The first kappa shape index (κ1) is 19.7. The van der Waals surface area contributed by atoms with E-state index in [-0.39, 0.29) is 23.6 Å². The van der Waals surface area contributed by atoms with Crippen LogP contribution in [0, 0.1) is 0 Å². The summed E-state index contributed by atoms with van der Waals surface area (Å²) in [7, 11) is -3.27. The van der Waals surface area contributed by atoms with Gasteiger partial charge in [0.05, 0.1) is 16.7 Å². The number of halogens is 1. The van der Waals surface area contributed by atoms with E-state index >= 15 is 0 Å². The third-order valence-corrected chi connectivity index (χ3v) is 6.55. The van der Waals surface area contributed by atoms with E-state index in [2.05, 4.69) is 5.32 Å². The van der Waals surface area contributed by atoms with Gasteiger partial charge in [0, 0.05) is 23.4 Å². The molecule has 1 aromatic rings. The first-order chi connectivity index (χ1) is 12.7. The Hall–Kier alpha value is -2.10. The maximum Gasteiger partial charge on any atom is 0.293 e. The van der Waals surface area contributed by atoms with Crippen molar-refractivity contribution in [1.82, 2.24) is 10.2 Å². The third kappa shape index (κ3) is 4.79. The minimum atomic E-state index is -3.27. The molecule has 1 N–H and O–H groups in total. The number of rotatable bonds is 5. The van der Waals surface area contributed by atoms with Crippen molar-refractivity contribution >= 4 is 56.3 Å². The Kier molecular flexibility index (Phi) is 5.73. The summed E-state index contributed by atoms with van der Waals surface area (Å²) in [4.78, 5) is 37.7. The highest BCUT2D eigenvalue weighted by Crippen LogP contribution is 2.33. The molecule has 0 aliphatic carbocycles. The maximum absolute atomic E-state index is 12.4. The van der Waals surface area contributed by atoms with Gasteiger partial charge in [0.15, 0.2) is 9.84 Å². The lowest BCUT2D eigenvalue weighted by atomic mass is 10.2. The van der Waals surface area contributed by atoms with E-state index in [9.17, 15) is 22.8 Å². The lowest BCUT2D eigenvalue weighted by molar-refractivity contribution is -0.124. The standard InChI is InChI=1S/C17H15ClN2O5S2/c18-13-4-2-1-3-11(13)9-14-16(22)20(17(23)26-14)7-5-15(21)19-12-6-8-27(24,25)10-12/h1-4,6,8-9,12H,5,7,10H2,(H,19,21)/b14-9-/t12-/m1/s1. The highest BCUT2D eigenvalue weighted by molar-refractivity contribution is 8.18. The Morgan fingerprint density at radius 3 is 2.74 bits per heavy atom. The van der Waals surface area contributed by atoms with Crippen molar-refractivity contribution in [2.45, 2.75) is 12.5 Å². The Bertz CT molecular complexity index is 971. The summed E-state index contributed by atoms with van der Waals surface area (Å²) in [5.74, 6) is -1.10. The molecule has 0 unspecified atom stereocenters. The maximum atomic E-state index is 12.4. The number of imide groups is 1. The first-order valence-corrected chi connectivity index (χ1v) is 10.9. The van der Waals surface area contributed by atoms with E-state index in [1.165, 1.54) is 6.08 Å². The van der Waals surface area contributed by atoms with Crippen molar-refractivity contribution in [3.8, 4) is 0 Å². The van der Waals surface area contributed by atoms with Crippen molar-refractivity contribution in [3.63, 3.8) is 0 Å². The molecule has 7 nitrogen and oxygen atoms in total. The number of benzene rings is 1. The predicted octanol–water partition coefficient (Wildman–Crippen LogP) is 2.19. The summed E-state index contributed by atoms with van der Waals surface area (Å²) >= 11 is 6.85. The molecule has 2 heterocycles. The second kappa shape index (κ2) is 7.87. The average molecular weight is 427 g/mol. The van der Waals surface area contributed by atoms with Gasteiger partial charge in [0.25, 0.3) is 11.1 Å². The summed E-state index contributed by atoms with van der Waals surface area (Å²) in [6.07, 6.45) is 2.84. The van der Waals surface area contributed by atoms with E-state index in [1.54, 1.807) is 30.3 Å². The molecule has 1 saturated heterocycles. The molecule has 27 heavy (non-hydrogen) atoms. The van der Waals surface area contributed by atoms with Crippen LogP contribution in [0.3, 0.4) is 0 Å². The number of hydrogen-bond acceptors (Lipinski definition) is 6. The van der Waals surface area contributed by atoms with Crippen LogP contribution < -0.4 is 5.32 Å². The molecular weight excluding hydrogens is 412 g/mol. The minimum Gasteiger partial charge on any atom is -0.349 e. The van der Waals surface area contributed by atoms with Crippen molar-refractivity contribution in [2.24, 2.45) is 0 Å². The summed E-state index contributed by atoms with van der Waals surface area (Å²) in [6, 6.07) is 6.35. The minimum absolute atomic E-state index is 0.0838. The highest BCUT2D eigenvalue weighted by Gasteiger charge is 2.35. The van der Waals surface area contributed by atoms with E-state index in [0.717, 1.165) is 22.1 Å². The van der Waals surface area contributed by atoms with Crippen LogP contribution in [-0.2, 0) is 19.4 Å². The molecular formula is C17H15ClN2O5S2. The summed E-state index contributed by atoms with van der Waals surface area (Å²) in [6.45, 7) is -0.0838. The van der Waals surface area contributed by atoms with Crippen LogP contribution >= 0.6 is 23.4 Å².